The lowest BCUT2D eigenvalue weighted by molar-refractivity contribution is 0.317. The fourth-order valence-corrected chi connectivity index (χ4v) is 1.43. The van der Waals surface area contributed by atoms with Crippen molar-refractivity contribution in [2.24, 2.45) is 5.16 Å². The topological polar surface area (TPSA) is 72.5 Å². The molecule has 1 aromatic heterocycles. The van der Waals surface area contributed by atoms with Gasteiger partial charge in [0.15, 0.2) is 0 Å². The third-order valence-corrected chi connectivity index (χ3v) is 2.32. The Morgan fingerprint density at radius 1 is 1.41 bits per heavy atom. The summed E-state index contributed by atoms with van der Waals surface area (Å²) in [4.78, 5) is 3.83. The highest BCUT2D eigenvalue weighted by Crippen LogP contribution is 2.12. The van der Waals surface area contributed by atoms with Crippen LogP contribution in [0.4, 0.5) is 0 Å². The lowest BCUT2D eigenvalue weighted by Gasteiger charge is -2.05. The first kappa shape index (κ1) is 11.1. The van der Waals surface area contributed by atoms with E-state index in [1.54, 1.807) is 18.1 Å². The van der Waals surface area contributed by atoms with Gasteiger partial charge < -0.3 is 9.94 Å². The van der Waals surface area contributed by atoms with Crippen molar-refractivity contribution in [1.82, 2.24) is 14.8 Å². The summed E-state index contributed by atoms with van der Waals surface area (Å²) in [5, 5.41) is 16.2. The first-order chi connectivity index (χ1) is 8.33. The van der Waals surface area contributed by atoms with Crippen molar-refractivity contribution >= 4 is 5.71 Å². The molecular formula is C11H12N4O2. The van der Waals surface area contributed by atoms with Gasteiger partial charge in [-0.25, -0.2) is 9.67 Å². The van der Waals surface area contributed by atoms with Gasteiger partial charge in [-0.2, -0.15) is 5.10 Å². The van der Waals surface area contributed by atoms with Crippen LogP contribution in [0.25, 0.3) is 0 Å². The van der Waals surface area contributed by atoms with E-state index in [-0.39, 0.29) is 0 Å². The summed E-state index contributed by atoms with van der Waals surface area (Å²) in [5.74, 6) is 0.756. The first-order valence-electron chi connectivity index (χ1n) is 5.01. The van der Waals surface area contributed by atoms with Crippen LogP contribution in [0.2, 0.25) is 0 Å². The smallest absolute Gasteiger partial charge is 0.137 e. The second kappa shape index (κ2) is 5.11. The number of ether oxygens (including phenoxy) is 1. The van der Waals surface area contributed by atoms with Crippen LogP contribution in [0.3, 0.4) is 0 Å². The van der Waals surface area contributed by atoms with Gasteiger partial charge in [-0.05, 0) is 24.3 Å². The predicted molar refractivity (Wildman–Crippen MR) is 61.3 cm³/mol. The largest absolute Gasteiger partial charge is 0.497 e. The summed E-state index contributed by atoms with van der Waals surface area (Å²) < 4.78 is 6.64. The zero-order valence-electron chi connectivity index (χ0n) is 9.32. The summed E-state index contributed by atoms with van der Waals surface area (Å²) in [6.07, 6.45) is 3.00. The highest BCUT2D eigenvalue weighted by molar-refractivity contribution is 6.00. The van der Waals surface area contributed by atoms with Crippen LogP contribution in [-0.4, -0.2) is 32.8 Å². The van der Waals surface area contributed by atoms with E-state index >= 15 is 0 Å². The molecule has 0 unspecified atom stereocenters. The number of methoxy groups -OCH3 is 1. The Morgan fingerprint density at radius 3 is 2.71 bits per heavy atom. The molecule has 0 saturated carbocycles. The molecule has 0 atom stereocenters. The van der Waals surface area contributed by atoms with Crippen LogP contribution in [-0.2, 0) is 6.54 Å². The van der Waals surface area contributed by atoms with Gasteiger partial charge in [0, 0.05) is 5.56 Å². The van der Waals surface area contributed by atoms with Gasteiger partial charge >= 0.3 is 0 Å². The van der Waals surface area contributed by atoms with Crippen LogP contribution in [0.15, 0.2) is 42.1 Å². The lowest BCUT2D eigenvalue weighted by Crippen LogP contribution is -2.12. The lowest BCUT2D eigenvalue weighted by atomic mass is 10.1. The SMILES string of the molecule is COc1ccc(/C(Cn2cncn2)=N\O)cc1. The van der Waals surface area contributed by atoms with E-state index in [1.165, 1.54) is 6.33 Å². The molecule has 2 rings (SSSR count). The molecule has 0 spiro atoms. The van der Waals surface area contributed by atoms with Gasteiger partial charge in [-0.1, -0.05) is 5.16 Å². The number of oxime groups is 1. The van der Waals surface area contributed by atoms with Gasteiger partial charge in [-0.15, -0.1) is 0 Å². The molecule has 0 aliphatic carbocycles. The van der Waals surface area contributed by atoms with Gasteiger partial charge in [-0.3, -0.25) is 0 Å². The van der Waals surface area contributed by atoms with Crippen molar-refractivity contribution in [3.8, 4) is 5.75 Å². The molecule has 0 saturated heterocycles. The summed E-state index contributed by atoms with van der Waals surface area (Å²) in [5.41, 5.74) is 1.32. The molecule has 0 fully saturated rings. The van der Waals surface area contributed by atoms with Crippen molar-refractivity contribution in [3.05, 3.63) is 42.5 Å². The van der Waals surface area contributed by atoms with Crippen LogP contribution in [0, 0.1) is 0 Å². The zero-order chi connectivity index (χ0) is 12.1. The maximum absolute atomic E-state index is 9.00. The molecule has 88 valence electrons. The Bertz CT molecular complexity index is 491. The molecule has 6 nitrogen and oxygen atoms in total. The maximum atomic E-state index is 9.00. The summed E-state index contributed by atoms with van der Waals surface area (Å²) >= 11 is 0. The number of aromatic nitrogens is 3. The molecule has 0 aliphatic rings. The average molecular weight is 232 g/mol. The number of rotatable bonds is 4. The normalized spacial score (nSPS) is 11.5. The van der Waals surface area contributed by atoms with Gasteiger partial charge in [0.2, 0.25) is 0 Å². The number of hydrogen-bond donors (Lipinski definition) is 1. The third-order valence-electron chi connectivity index (χ3n) is 2.32. The molecule has 1 heterocycles. The standard InChI is InChI=1S/C11H12N4O2/c1-17-10-4-2-9(3-5-10)11(14-16)6-15-8-12-7-13-15/h2-5,7-8,16H,6H2,1H3/b14-11-. The van der Waals surface area contributed by atoms with Crippen LogP contribution in [0.1, 0.15) is 5.56 Å². The minimum absolute atomic E-state index is 0.364. The monoisotopic (exact) mass is 232 g/mol. The van der Waals surface area contributed by atoms with E-state index in [0.717, 1.165) is 11.3 Å². The quantitative estimate of drug-likeness (QED) is 0.488. The molecule has 1 aromatic carbocycles. The van der Waals surface area contributed by atoms with Crippen molar-refractivity contribution in [3.63, 3.8) is 0 Å². The van der Waals surface area contributed by atoms with Crippen LogP contribution in [0.5, 0.6) is 5.75 Å². The van der Waals surface area contributed by atoms with Gasteiger partial charge in [0.25, 0.3) is 0 Å². The van der Waals surface area contributed by atoms with Crippen molar-refractivity contribution in [1.29, 1.82) is 0 Å². The molecule has 0 bridgehead atoms. The molecular weight excluding hydrogens is 220 g/mol. The van der Waals surface area contributed by atoms with E-state index in [2.05, 4.69) is 15.2 Å². The highest BCUT2D eigenvalue weighted by atomic mass is 16.5. The average Bonchev–Trinajstić information content (AvgIpc) is 2.89. The molecule has 0 amide bonds. The number of benzene rings is 1. The van der Waals surface area contributed by atoms with Crippen LogP contribution >= 0.6 is 0 Å². The minimum Gasteiger partial charge on any atom is -0.497 e. The Labute approximate surface area is 98.2 Å². The molecule has 0 radical (unpaired) electrons. The second-order valence-electron chi connectivity index (χ2n) is 3.37. The highest BCUT2D eigenvalue weighted by Gasteiger charge is 2.06. The number of nitrogens with zero attached hydrogens (tertiary/aromatic N) is 4. The third kappa shape index (κ3) is 2.60. The molecule has 0 aliphatic heterocycles. The molecule has 1 N–H and O–H groups in total. The molecule has 17 heavy (non-hydrogen) atoms. The van der Waals surface area contributed by atoms with Gasteiger partial charge in [0.1, 0.15) is 24.1 Å². The summed E-state index contributed by atoms with van der Waals surface area (Å²) in [6.45, 7) is 0.364. The Balaban J connectivity index is 2.18. The van der Waals surface area contributed by atoms with E-state index < -0.39 is 0 Å². The van der Waals surface area contributed by atoms with Crippen molar-refractivity contribution in [2.45, 2.75) is 6.54 Å². The van der Waals surface area contributed by atoms with E-state index in [0.29, 0.717) is 12.3 Å². The maximum Gasteiger partial charge on any atom is 0.137 e. The fourth-order valence-electron chi connectivity index (χ4n) is 1.43. The second-order valence-corrected chi connectivity index (χ2v) is 3.37. The van der Waals surface area contributed by atoms with Crippen molar-refractivity contribution < 1.29 is 9.94 Å². The Hall–Kier alpha value is -2.37. The predicted octanol–water partition coefficient (Wildman–Crippen LogP) is 1.17. The van der Waals surface area contributed by atoms with E-state index in [9.17, 15) is 0 Å². The van der Waals surface area contributed by atoms with E-state index in [1.807, 2.05) is 24.3 Å². The van der Waals surface area contributed by atoms with E-state index in [4.69, 9.17) is 9.94 Å². The summed E-state index contributed by atoms with van der Waals surface area (Å²) in [7, 11) is 1.60. The van der Waals surface area contributed by atoms with Crippen molar-refractivity contribution in [2.75, 3.05) is 7.11 Å². The Kier molecular flexibility index (Phi) is 3.34. The first-order valence-corrected chi connectivity index (χ1v) is 5.01. The molecule has 6 heteroatoms. The minimum atomic E-state index is 0.364. The van der Waals surface area contributed by atoms with Crippen LogP contribution < -0.4 is 4.74 Å². The fraction of sp³-hybridized carbons (Fsp3) is 0.182. The zero-order valence-corrected chi connectivity index (χ0v) is 9.32. The Morgan fingerprint density at radius 2 is 2.18 bits per heavy atom. The number of hydrogen-bond acceptors (Lipinski definition) is 5. The molecule has 2 aromatic rings. The van der Waals surface area contributed by atoms with Gasteiger partial charge in [0.05, 0.1) is 13.7 Å². The summed E-state index contributed by atoms with van der Waals surface area (Å²) in [6, 6.07) is 7.26.